The van der Waals surface area contributed by atoms with Crippen molar-refractivity contribution in [2.45, 2.75) is 6.54 Å². The summed E-state index contributed by atoms with van der Waals surface area (Å²) < 4.78 is 10.4. The molecule has 0 aliphatic rings. The van der Waals surface area contributed by atoms with Crippen molar-refractivity contribution in [2.24, 2.45) is 0 Å². The van der Waals surface area contributed by atoms with Crippen LogP contribution in [-0.2, 0) is 11.3 Å². The molecule has 0 spiro atoms. The van der Waals surface area contributed by atoms with Crippen LogP contribution in [0, 0.1) is 10.1 Å². The molecule has 0 fully saturated rings. The number of nitro benzene ring substituents is 1. The third kappa shape index (κ3) is 4.16. The zero-order valence-corrected chi connectivity index (χ0v) is 12.3. The van der Waals surface area contributed by atoms with Gasteiger partial charge in [-0.2, -0.15) is 0 Å². The summed E-state index contributed by atoms with van der Waals surface area (Å²) in [4.78, 5) is 34.4. The molecule has 2 aromatic rings. The average molecular weight is 318 g/mol. The van der Waals surface area contributed by atoms with E-state index in [9.17, 15) is 19.7 Å². The molecule has 2 rings (SSSR count). The first kappa shape index (κ1) is 16.2. The molecule has 8 nitrogen and oxygen atoms in total. The predicted octanol–water partition coefficient (Wildman–Crippen LogP) is 2.04. The van der Waals surface area contributed by atoms with Gasteiger partial charge in [0, 0.05) is 19.2 Å². The normalized spacial score (nSPS) is 10.1. The summed E-state index contributed by atoms with van der Waals surface area (Å²) in [5, 5.41) is 10.7. The quantitative estimate of drug-likeness (QED) is 0.439. The number of amides is 1. The minimum atomic E-state index is -0.612. The second kappa shape index (κ2) is 7.21. The van der Waals surface area contributed by atoms with Gasteiger partial charge in [-0.05, 0) is 18.2 Å². The molecule has 0 saturated carbocycles. The van der Waals surface area contributed by atoms with Gasteiger partial charge in [0.15, 0.2) is 12.9 Å². The van der Waals surface area contributed by atoms with E-state index < -0.39 is 4.92 Å². The van der Waals surface area contributed by atoms with Crippen LogP contribution >= 0.6 is 0 Å². The van der Waals surface area contributed by atoms with Crippen LogP contribution in [0.15, 0.2) is 41.0 Å². The SMILES string of the molecule is CN(Cc1ccco1)C(=O)COc1ccc([N+](=O)[O-])cc1C=O. The lowest BCUT2D eigenvalue weighted by Gasteiger charge is -2.16. The summed E-state index contributed by atoms with van der Waals surface area (Å²) in [6.07, 6.45) is 1.96. The smallest absolute Gasteiger partial charge is 0.270 e. The van der Waals surface area contributed by atoms with Gasteiger partial charge in [-0.15, -0.1) is 0 Å². The first-order valence-electron chi connectivity index (χ1n) is 6.64. The fraction of sp³-hybridized carbons (Fsp3) is 0.200. The van der Waals surface area contributed by atoms with Crippen molar-refractivity contribution in [3.63, 3.8) is 0 Å². The molecule has 0 N–H and O–H groups in total. The number of furan rings is 1. The standard InChI is InChI=1S/C15H14N2O6/c1-16(8-13-3-2-6-22-13)15(19)10-23-14-5-4-12(17(20)21)7-11(14)9-18/h2-7,9H,8,10H2,1H3. The molecule has 0 radical (unpaired) electrons. The third-order valence-corrected chi connectivity index (χ3v) is 3.08. The first-order valence-corrected chi connectivity index (χ1v) is 6.64. The van der Waals surface area contributed by atoms with Crippen LogP contribution in [0.1, 0.15) is 16.1 Å². The summed E-state index contributed by atoms with van der Waals surface area (Å²) >= 11 is 0. The molecular weight excluding hydrogens is 304 g/mol. The van der Waals surface area contributed by atoms with Crippen LogP contribution in [0.25, 0.3) is 0 Å². The first-order chi connectivity index (χ1) is 11.0. The number of nitrogens with zero attached hydrogens (tertiary/aromatic N) is 2. The van der Waals surface area contributed by atoms with E-state index in [-0.39, 0.29) is 36.1 Å². The molecule has 0 bridgehead atoms. The molecule has 0 unspecified atom stereocenters. The van der Waals surface area contributed by atoms with E-state index in [0.717, 1.165) is 6.07 Å². The van der Waals surface area contributed by atoms with Gasteiger partial charge in [0.2, 0.25) is 0 Å². The molecule has 23 heavy (non-hydrogen) atoms. The minimum absolute atomic E-state index is 0.0145. The molecule has 0 aliphatic heterocycles. The van der Waals surface area contributed by atoms with Crippen molar-refractivity contribution >= 4 is 17.9 Å². The molecule has 8 heteroatoms. The van der Waals surface area contributed by atoms with Gasteiger partial charge in [-0.25, -0.2) is 0 Å². The topological polar surface area (TPSA) is 103 Å². The van der Waals surface area contributed by atoms with E-state index in [1.807, 2.05) is 0 Å². The van der Waals surface area contributed by atoms with E-state index in [1.54, 1.807) is 19.2 Å². The summed E-state index contributed by atoms with van der Waals surface area (Å²) in [6.45, 7) is -0.00808. The Bertz CT molecular complexity index is 711. The number of benzene rings is 1. The minimum Gasteiger partial charge on any atom is -0.483 e. The van der Waals surface area contributed by atoms with Crippen LogP contribution < -0.4 is 4.74 Å². The summed E-state index contributed by atoms with van der Waals surface area (Å²) in [7, 11) is 1.59. The number of hydrogen-bond donors (Lipinski definition) is 0. The molecule has 1 amide bonds. The monoisotopic (exact) mass is 318 g/mol. The van der Waals surface area contributed by atoms with Crippen molar-refractivity contribution in [2.75, 3.05) is 13.7 Å². The van der Waals surface area contributed by atoms with Crippen molar-refractivity contribution in [3.8, 4) is 5.75 Å². The van der Waals surface area contributed by atoms with Crippen LogP contribution in [0.3, 0.4) is 0 Å². The highest BCUT2D eigenvalue weighted by Gasteiger charge is 2.15. The Morgan fingerprint density at radius 2 is 2.22 bits per heavy atom. The highest BCUT2D eigenvalue weighted by Crippen LogP contribution is 2.22. The Balaban J connectivity index is 1.98. The number of nitro groups is 1. The van der Waals surface area contributed by atoms with Crippen LogP contribution in [0.5, 0.6) is 5.75 Å². The van der Waals surface area contributed by atoms with Crippen molar-refractivity contribution < 1.29 is 23.7 Å². The predicted molar refractivity (Wildman–Crippen MR) is 79.2 cm³/mol. The Morgan fingerprint density at radius 1 is 1.43 bits per heavy atom. The summed E-state index contributed by atoms with van der Waals surface area (Å²) in [5.74, 6) is 0.423. The Kier molecular flexibility index (Phi) is 5.08. The average Bonchev–Trinajstić information content (AvgIpc) is 3.05. The Hall–Kier alpha value is -3.16. The third-order valence-electron chi connectivity index (χ3n) is 3.08. The maximum Gasteiger partial charge on any atom is 0.270 e. The van der Waals surface area contributed by atoms with E-state index in [2.05, 4.69) is 0 Å². The molecule has 0 saturated heterocycles. The second-order valence-electron chi connectivity index (χ2n) is 4.71. The summed E-state index contributed by atoms with van der Waals surface area (Å²) in [5.41, 5.74) is -0.207. The number of likely N-dealkylation sites (N-methyl/N-ethyl adjacent to an activating group) is 1. The van der Waals surface area contributed by atoms with Gasteiger partial charge in [-0.1, -0.05) is 0 Å². The zero-order valence-electron chi connectivity index (χ0n) is 12.3. The number of non-ortho nitro benzene ring substituents is 1. The fourth-order valence-corrected chi connectivity index (χ4v) is 1.85. The van der Waals surface area contributed by atoms with E-state index in [0.29, 0.717) is 12.0 Å². The number of carbonyl (C=O) groups excluding carboxylic acids is 2. The maximum atomic E-state index is 12.0. The number of hydrogen-bond acceptors (Lipinski definition) is 6. The van der Waals surface area contributed by atoms with Gasteiger partial charge in [0.25, 0.3) is 11.6 Å². The highest BCUT2D eigenvalue weighted by atomic mass is 16.6. The van der Waals surface area contributed by atoms with Crippen LogP contribution in [-0.4, -0.2) is 35.7 Å². The fourth-order valence-electron chi connectivity index (χ4n) is 1.85. The maximum absolute atomic E-state index is 12.0. The van der Waals surface area contributed by atoms with Crippen molar-refractivity contribution in [1.29, 1.82) is 0 Å². The lowest BCUT2D eigenvalue weighted by atomic mass is 10.2. The molecule has 1 aromatic carbocycles. The van der Waals surface area contributed by atoms with Crippen LogP contribution in [0.2, 0.25) is 0 Å². The van der Waals surface area contributed by atoms with E-state index in [1.165, 1.54) is 23.3 Å². The number of ether oxygens (including phenoxy) is 1. The number of aldehydes is 1. The van der Waals surface area contributed by atoms with Crippen LogP contribution in [0.4, 0.5) is 5.69 Å². The van der Waals surface area contributed by atoms with Crippen molar-refractivity contribution in [3.05, 3.63) is 58.0 Å². The van der Waals surface area contributed by atoms with Gasteiger partial charge in [0.1, 0.15) is 11.5 Å². The lowest BCUT2D eigenvalue weighted by Crippen LogP contribution is -2.30. The Labute approximate surface area is 131 Å². The molecular formula is C15H14N2O6. The molecule has 1 aromatic heterocycles. The van der Waals surface area contributed by atoms with Gasteiger partial charge in [0.05, 0.1) is 23.3 Å². The second-order valence-corrected chi connectivity index (χ2v) is 4.71. The van der Waals surface area contributed by atoms with E-state index in [4.69, 9.17) is 9.15 Å². The number of carbonyl (C=O) groups is 2. The highest BCUT2D eigenvalue weighted by molar-refractivity contribution is 5.81. The molecule has 1 heterocycles. The molecule has 120 valence electrons. The molecule has 0 atom stereocenters. The lowest BCUT2D eigenvalue weighted by molar-refractivity contribution is -0.384. The molecule has 0 aliphatic carbocycles. The Morgan fingerprint density at radius 3 is 2.83 bits per heavy atom. The van der Waals surface area contributed by atoms with Gasteiger partial charge < -0.3 is 14.1 Å². The summed E-state index contributed by atoms with van der Waals surface area (Å²) in [6, 6.07) is 7.06. The van der Waals surface area contributed by atoms with Crippen molar-refractivity contribution in [1.82, 2.24) is 4.90 Å². The van der Waals surface area contributed by atoms with Gasteiger partial charge >= 0.3 is 0 Å². The zero-order chi connectivity index (χ0) is 16.8. The van der Waals surface area contributed by atoms with E-state index >= 15 is 0 Å². The van der Waals surface area contributed by atoms with Gasteiger partial charge in [-0.3, -0.25) is 19.7 Å². The largest absolute Gasteiger partial charge is 0.483 e. The number of rotatable bonds is 7.